The Balaban J connectivity index is 2.00. The first-order chi connectivity index (χ1) is 7.65. The monoisotopic (exact) mass is 334 g/mol. The second kappa shape index (κ2) is 5.42. The molecule has 1 saturated heterocycles. The van der Waals surface area contributed by atoms with E-state index in [9.17, 15) is 4.39 Å². The van der Waals surface area contributed by atoms with Crippen molar-refractivity contribution in [1.82, 2.24) is 10.2 Å². The highest BCUT2D eigenvalue weighted by atomic mass is 127. The van der Waals surface area contributed by atoms with Gasteiger partial charge in [0.25, 0.3) is 0 Å². The summed E-state index contributed by atoms with van der Waals surface area (Å²) in [6, 6.07) is 5.92. The average Bonchev–Trinajstić information content (AvgIpc) is 2.24. The molecule has 0 aromatic heterocycles. The Morgan fingerprint density at radius 1 is 1.56 bits per heavy atom. The smallest absolute Gasteiger partial charge is 0.136 e. The molecule has 0 spiro atoms. The van der Waals surface area contributed by atoms with Gasteiger partial charge >= 0.3 is 0 Å². The van der Waals surface area contributed by atoms with Gasteiger partial charge in [-0.25, -0.2) is 4.39 Å². The maximum absolute atomic E-state index is 13.1. The molecule has 1 atom stereocenters. The fourth-order valence-electron chi connectivity index (χ4n) is 2.05. The van der Waals surface area contributed by atoms with Crippen LogP contribution in [0.15, 0.2) is 18.2 Å². The molecule has 2 nitrogen and oxygen atoms in total. The van der Waals surface area contributed by atoms with Crippen LogP contribution in [0.1, 0.15) is 12.5 Å². The summed E-state index contributed by atoms with van der Waals surface area (Å²) in [7, 11) is 0. The molecule has 0 aliphatic carbocycles. The van der Waals surface area contributed by atoms with Crippen molar-refractivity contribution < 1.29 is 4.39 Å². The van der Waals surface area contributed by atoms with E-state index in [2.05, 4.69) is 17.1 Å². The number of hydrogen-bond acceptors (Lipinski definition) is 2. The predicted octanol–water partition coefficient (Wildman–Crippen LogP) is 2.22. The molecule has 1 aromatic rings. The highest BCUT2D eigenvalue weighted by Crippen LogP contribution is 2.15. The number of rotatable bonds is 2. The first-order valence-electron chi connectivity index (χ1n) is 5.55. The second-order valence-electron chi connectivity index (χ2n) is 4.34. The minimum absolute atomic E-state index is 0.127. The molecule has 1 unspecified atom stereocenters. The molecule has 1 heterocycles. The molecule has 0 radical (unpaired) electrons. The molecule has 1 N–H and O–H groups in total. The zero-order valence-corrected chi connectivity index (χ0v) is 11.5. The van der Waals surface area contributed by atoms with Gasteiger partial charge in [0.1, 0.15) is 5.82 Å². The fraction of sp³-hybridized carbons (Fsp3) is 0.500. The maximum Gasteiger partial charge on any atom is 0.136 e. The van der Waals surface area contributed by atoms with Crippen LogP contribution < -0.4 is 5.32 Å². The number of halogens is 2. The molecule has 0 saturated carbocycles. The summed E-state index contributed by atoms with van der Waals surface area (Å²) in [6.07, 6.45) is 0. The first kappa shape index (κ1) is 12.3. The number of nitrogens with one attached hydrogen (secondary N) is 1. The molecule has 2 rings (SSSR count). The summed E-state index contributed by atoms with van der Waals surface area (Å²) in [6.45, 7) is 6.29. The van der Waals surface area contributed by atoms with Gasteiger partial charge in [-0.1, -0.05) is 6.07 Å². The van der Waals surface area contributed by atoms with Crippen LogP contribution >= 0.6 is 22.6 Å². The molecule has 1 aliphatic heterocycles. The summed E-state index contributed by atoms with van der Waals surface area (Å²) in [5.74, 6) is -0.127. The minimum atomic E-state index is -0.127. The summed E-state index contributed by atoms with van der Waals surface area (Å²) < 4.78 is 13.8. The van der Waals surface area contributed by atoms with Crippen LogP contribution in [0.2, 0.25) is 0 Å². The van der Waals surface area contributed by atoms with E-state index in [4.69, 9.17) is 0 Å². The van der Waals surface area contributed by atoms with Crippen LogP contribution in [0.3, 0.4) is 0 Å². The van der Waals surface area contributed by atoms with Gasteiger partial charge < -0.3 is 5.32 Å². The number of piperazine rings is 1. The van der Waals surface area contributed by atoms with E-state index >= 15 is 0 Å². The lowest BCUT2D eigenvalue weighted by Crippen LogP contribution is -2.48. The molecule has 88 valence electrons. The Hall–Kier alpha value is -0.200. The Morgan fingerprint density at radius 3 is 3.06 bits per heavy atom. The van der Waals surface area contributed by atoms with Gasteiger partial charge in [-0.2, -0.15) is 0 Å². The number of benzene rings is 1. The van der Waals surface area contributed by atoms with E-state index in [1.165, 1.54) is 5.56 Å². The highest BCUT2D eigenvalue weighted by molar-refractivity contribution is 14.1. The van der Waals surface area contributed by atoms with Crippen LogP contribution in [0.4, 0.5) is 4.39 Å². The number of nitrogens with zero attached hydrogens (tertiary/aromatic N) is 1. The summed E-state index contributed by atoms with van der Waals surface area (Å²) in [4.78, 5) is 2.41. The van der Waals surface area contributed by atoms with Crippen molar-refractivity contribution in [2.75, 3.05) is 19.6 Å². The van der Waals surface area contributed by atoms with Crippen LogP contribution in [-0.4, -0.2) is 30.6 Å². The Labute approximate surface area is 109 Å². The molecule has 0 bridgehead atoms. The topological polar surface area (TPSA) is 15.3 Å². The van der Waals surface area contributed by atoms with Gasteiger partial charge in [0.15, 0.2) is 0 Å². The lowest BCUT2D eigenvalue weighted by molar-refractivity contribution is 0.199. The van der Waals surface area contributed by atoms with E-state index in [0.717, 1.165) is 26.2 Å². The van der Waals surface area contributed by atoms with Crippen molar-refractivity contribution in [2.24, 2.45) is 0 Å². The van der Waals surface area contributed by atoms with Crippen molar-refractivity contribution in [3.05, 3.63) is 33.1 Å². The van der Waals surface area contributed by atoms with E-state index < -0.39 is 0 Å². The third-order valence-electron chi connectivity index (χ3n) is 2.84. The number of hydrogen-bond donors (Lipinski definition) is 1. The van der Waals surface area contributed by atoms with Gasteiger partial charge in [-0.3, -0.25) is 4.90 Å². The van der Waals surface area contributed by atoms with E-state index in [-0.39, 0.29) is 5.82 Å². The van der Waals surface area contributed by atoms with E-state index in [1.54, 1.807) is 6.07 Å². The van der Waals surface area contributed by atoms with Crippen LogP contribution in [-0.2, 0) is 6.54 Å². The van der Waals surface area contributed by atoms with Crippen molar-refractivity contribution in [1.29, 1.82) is 0 Å². The normalized spacial score (nSPS) is 22.3. The third-order valence-corrected chi connectivity index (χ3v) is 3.67. The Bertz CT molecular complexity index is 370. The van der Waals surface area contributed by atoms with Gasteiger partial charge in [0.2, 0.25) is 0 Å². The van der Waals surface area contributed by atoms with Gasteiger partial charge in [0, 0.05) is 35.8 Å². The second-order valence-corrected chi connectivity index (χ2v) is 5.50. The summed E-state index contributed by atoms with van der Waals surface area (Å²) in [5, 5.41) is 3.42. The van der Waals surface area contributed by atoms with E-state index in [1.807, 2.05) is 34.7 Å². The summed E-state index contributed by atoms with van der Waals surface area (Å²) in [5.41, 5.74) is 1.19. The van der Waals surface area contributed by atoms with Crippen molar-refractivity contribution in [3.63, 3.8) is 0 Å². The largest absolute Gasteiger partial charge is 0.312 e. The van der Waals surface area contributed by atoms with Gasteiger partial charge in [0.05, 0.1) is 0 Å². The quantitative estimate of drug-likeness (QED) is 0.835. The fourth-order valence-corrected chi connectivity index (χ4v) is 2.63. The predicted molar refractivity (Wildman–Crippen MR) is 71.9 cm³/mol. The average molecular weight is 334 g/mol. The highest BCUT2D eigenvalue weighted by Gasteiger charge is 2.15. The molecular formula is C12H16FIN2. The molecule has 1 fully saturated rings. The zero-order valence-electron chi connectivity index (χ0n) is 9.34. The summed E-state index contributed by atoms with van der Waals surface area (Å²) >= 11 is 2.04. The van der Waals surface area contributed by atoms with Crippen molar-refractivity contribution >= 4 is 22.6 Å². The Morgan fingerprint density at radius 2 is 2.38 bits per heavy atom. The van der Waals surface area contributed by atoms with Gasteiger partial charge in [-0.05, 0) is 47.2 Å². The molecule has 4 heteroatoms. The maximum atomic E-state index is 13.1. The van der Waals surface area contributed by atoms with Gasteiger partial charge in [-0.15, -0.1) is 0 Å². The van der Waals surface area contributed by atoms with Crippen molar-refractivity contribution in [2.45, 2.75) is 19.5 Å². The molecule has 1 aliphatic rings. The molecule has 0 amide bonds. The third kappa shape index (κ3) is 3.15. The molecule has 16 heavy (non-hydrogen) atoms. The SMILES string of the molecule is CC1CN(Cc2ccc(F)c(I)c2)CCN1. The lowest BCUT2D eigenvalue weighted by atomic mass is 10.1. The van der Waals surface area contributed by atoms with E-state index in [0.29, 0.717) is 9.61 Å². The van der Waals surface area contributed by atoms with Crippen LogP contribution in [0.5, 0.6) is 0 Å². The first-order valence-corrected chi connectivity index (χ1v) is 6.62. The Kier molecular flexibility index (Phi) is 4.16. The standard InChI is InChI=1S/C12H16FIN2/c1-9-7-16(5-4-15-9)8-10-2-3-11(13)12(14)6-10/h2-3,6,9,15H,4-5,7-8H2,1H3. The van der Waals surface area contributed by atoms with Crippen LogP contribution in [0, 0.1) is 9.39 Å². The minimum Gasteiger partial charge on any atom is -0.312 e. The van der Waals surface area contributed by atoms with Crippen molar-refractivity contribution in [3.8, 4) is 0 Å². The lowest BCUT2D eigenvalue weighted by Gasteiger charge is -2.31. The molecule has 1 aromatic carbocycles. The molecular weight excluding hydrogens is 318 g/mol. The van der Waals surface area contributed by atoms with Crippen LogP contribution in [0.25, 0.3) is 0 Å². The zero-order chi connectivity index (χ0) is 11.5.